The van der Waals surface area contributed by atoms with Crippen molar-refractivity contribution >= 4 is 29.9 Å². The van der Waals surface area contributed by atoms with Crippen molar-refractivity contribution in [3.63, 3.8) is 0 Å². The van der Waals surface area contributed by atoms with E-state index in [1.165, 1.54) is 11.1 Å². The molecule has 0 spiro atoms. The number of rotatable bonds is 7. The Labute approximate surface area is 187 Å². The number of nitrogens with zero attached hydrogens (tertiary/aromatic N) is 3. The van der Waals surface area contributed by atoms with Gasteiger partial charge in [-0.3, -0.25) is 14.8 Å². The summed E-state index contributed by atoms with van der Waals surface area (Å²) in [6.45, 7) is 13.9. The molecule has 3 rings (SSSR count). The van der Waals surface area contributed by atoms with E-state index in [0.29, 0.717) is 6.04 Å². The van der Waals surface area contributed by atoms with Gasteiger partial charge in [-0.05, 0) is 31.4 Å². The van der Waals surface area contributed by atoms with Crippen molar-refractivity contribution in [2.24, 2.45) is 4.99 Å². The number of fused-ring (bicyclic) bond motifs is 1. The number of hydrogen-bond donors (Lipinski definition) is 2. The van der Waals surface area contributed by atoms with Crippen LogP contribution < -0.4 is 10.6 Å². The highest BCUT2D eigenvalue weighted by atomic mass is 127. The molecule has 1 fully saturated rings. The van der Waals surface area contributed by atoms with Gasteiger partial charge >= 0.3 is 0 Å². The van der Waals surface area contributed by atoms with E-state index in [1.807, 2.05) is 0 Å². The Kier molecular flexibility index (Phi) is 10.5. The zero-order valence-corrected chi connectivity index (χ0v) is 19.7. The van der Waals surface area contributed by atoms with Gasteiger partial charge in [0.2, 0.25) is 0 Å². The third kappa shape index (κ3) is 7.17. The van der Waals surface area contributed by atoms with Crippen LogP contribution in [0.2, 0.25) is 0 Å². The van der Waals surface area contributed by atoms with Gasteiger partial charge in [-0.2, -0.15) is 0 Å². The van der Waals surface area contributed by atoms with E-state index in [-0.39, 0.29) is 24.0 Å². The van der Waals surface area contributed by atoms with Crippen LogP contribution >= 0.6 is 24.0 Å². The topological polar surface area (TPSA) is 52.1 Å². The maximum atomic E-state index is 5.44. The Hall–Kier alpha value is -0.900. The molecule has 2 N–H and O–H groups in total. The van der Waals surface area contributed by atoms with Gasteiger partial charge in [0, 0.05) is 51.9 Å². The highest BCUT2D eigenvalue weighted by Gasteiger charge is 2.17. The lowest BCUT2D eigenvalue weighted by atomic mass is 10.00. The molecular weight excluding hydrogens is 465 g/mol. The highest BCUT2D eigenvalue weighted by molar-refractivity contribution is 14.0. The maximum Gasteiger partial charge on any atom is 0.191 e. The molecule has 1 aromatic carbocycles. The van der Waals surface area contributed by atoms with Gasteiger partial charge in [-0.1, -0.05) is 24.3 Å². The molecular formula is C21H36IN5O. The number of hydrogen-bond acceptors (Lipinski definition) is 4. The van der Waals surface area contributed by atoms with Crippen LogP contribution in [0.1, 0.15) is 25.0 Å². The molecule has 0 amide bonds. The molecule has 1 atom stereocenters. The van der Waals surface area contributed by atoms with Crippen molar-refractivity contribution in [1.29, 1.82) is 0 Å². The van der Waals surface area contributed by atoms with Crippen LogP contribution in [-0.2, 0) is 17.7 Å². The first-order valence-electron chi connectivity index (χ1n) is 10.4. The summed E-state index contributed by atoms with van der Waals surface area (Å²) in [7, 11) is 0. The molecule has 0 aliphatic carbocycles. The van der Waals surface area contributed by atoms with Gasteiger partial charge in [-0.25, -0.2) is 0 Å². The van der Waals surface area contributed by atoms with Gasteiger partial charge in [0.25, 0.3) is 0 Å². The number of morpholine rings is 1. The van der Waals surface area contributed by atoms with Crippen molar-refractivity contribution in [1.82, 2.24) is 20.4 Å². The Morgan fingerprint density at radius 1 is 1.14 bits per heavy atom. The monoisotopic (exact) mass is 501 g/mol. The summed E-state index contributed by atoms with van der Waals surface area (Å²) >= 11 is 0. The molecule has 0 aromatic heterocycles. The SMILES string of the molecule is CCNC(=NCC(C)N1CCOCC1)NCCN1CCc2ccccc2C1.I. The fourth-order valence-electron chi connectivity index (χ4n) is 3.78. The second-order valence-electron chi connectivity index (χ2n) is 7.44. The van der Waals surface area contributed by atoms with E-state index in [4.69, 9.17) is 9.73 Å². The van der Waals surface area contributed by atoms with Gasteiger partial charge < -0.3 is 15.4 Å². The molecule has 28 heavy (non-hydrogen) atoms. The summed E-state index contributed by atoms with van der Waals surface area (Å²) in [6, 6.07) is 9.26. The fourth-order valence-corrected chi connectivity index (χ4v) is 3.78. The lowest BCUT2D eigenvalue weighted by molar-refractivity contribution is 0.0220. The fraction of sp³-hybridized carbons (Fsp3) is 0.667. The minimum atomic E-state index is 0. The molecule has 2 aliphatic heterocycles. The molecule has 1 saturated heterocycles. The normalized spacial score (nSPS) is 19.4. The van der Waals surface area contributed by atoms with E-state index in [2.05, 4.69) is 58.5 Å². The van der Waals surface area contributed by atoms with E-state index < -0.39 is 0 Å². The summed E-state index contributed by atoms with van der Waals surface area (Å²) in [5, 5.41) is 6.88. The summed E-state index contributed by atoms with van der Waals surface area (Å²) in [4.78, 5) is 9.78. The number of halogens is 1. The van der Waals surface area contributed by atoms with Gasteiger partial charge in [0.1, 0.15) is 0 Å². The van der Waals surface area contributed by atoms with Crippen LogP contribution in [0.4, 0.5) is 0 Å². The molecule has 7 heteroatoms. The van der Waals surface area contributed by atoms with E-state index in [9.17, 15) is 0 Å². The Morgan fingerprint density at radius 3 is 2.64 bits per heavy atom. The molecule has 158 valence electrons. The second kappa shape index (κ2) is 12.6. The van der Waals surface area contributed by atoms with Crippen molar-refractivity contribution in [3.8, 4) is 0 Å². The molecule has 1 unspecified atom stereocenters. The van der Waals surface area contributed by atoms with Gasteiger partial charge in [0.05, 0.1) is 19.8 Å². The number of benzene rings is 1. The second-order valence-corrected chi connectivity index (χ2v) is 7.44. The highest BCUT2D eigenvalue weighted by Crippen LogP contribution is 2.17. The van der Waals surface area contributed by atoms with Crippen molar-refractivity contribution in [3.05, 3.63) is 35.4 Å². The molecule has 2 aliphatic rings. The lowest BCUT2D eigenvalue weighted by Gasteiger charge is -2.31. The van der Waals surface area contributed by atoms with Crippen molar-refractivity contribution in [2.45, 2.75) is 32.9 Å². The minimum absolute atomic E-state index is 0. The maximum absolute atomic E-state index is 5.44. The molecule has 0 radical (unpaired) electrons. The third-order valence-electron chi connectivity index (χ3n) is 5.46. The zero-order chi connectivity index (χ0) is 18.9. The molecule has 0 bridgehead atoms. The number of aliphatic imine (C=N–C) groups is 1. The molecule has 1 aromatic rings. The van der Waals surface area contributed by atoms with E-state index in [1.54, 1.807) is 0 Å². The van der Waals surface area contributed by atoms with Crippen LogP contribution in [0, 0.1) is 0 Å². The molecule has 2 heterocycles. The van der Waals surface area contributed by atoms with E-state index >= 15 is 0 Å². The quantitative estimate of drug-likeness (QED) is 0.340. The molecule has 0 saturated carbocycles. The number of nitrogens with one attached hydrogen (secondary N) is 2. The lowest BCUT2D eigenvalue weighted by Crippen LogP contribution is -2.45. The van der Waals surface area contributed by atoms with E-state index in [0.717, 1.165) is 78.0 Å². The first kappa shape index (κ1) is 23.4. The predicted molar refractivity (Wildman–Crippen MR) is 127 cm³/mol. The summed E-state index contributed by atoms with van der Waals surface area (Å²) in [5.74, 6) is 0.926. The van der Waals surface area contributed by atoms with Crippen molar-refractivity contribution in [2.75, 3.05) is 59.0 Å². The number of guanidine groups is 1. The third-order valence-corrected chi connectivity index (χ3v) is 5.46. The van der Waals surface area contributed by atoms with Crippen LogP contribution in [0.5, 0.6) is 0 Å². The van der Waals surface area contributed by atoms with Crippen molar-refractivity contribution < 1.29 is 4.74 Å². The summed E-state index contributed by atoms with van der Waals surface area (Å²) in [6.07, 6.45) is 1.15. The predicted octanol–water partition coefficient (Wildman–Crippen LogP) is 1.94. The van der Waals surface area contributed by atoms with Crippen LogP contribution in [0.25, 0.3) is 0 Å². The Morgan fingerprint density at radius 2 is 1.89 bits per heavy atom. The van der Waals surface area contributed by atoms with Gasteiger partial charge in [-0.15, -0.1) is 24.0 Å². The molecule has 6 nitrogen and oxygen atoms in total. The van der Waals surface area contributed by atoms with Crippen LogP contribution in [0.3, 0.4) is 0 Å². The Balaban J connectivity index is 0.00000280. The first-order chi connectivity index (χ1) is 13.3. The van der Waals surface area contributed by atoms with Crippen LogP contribution in [0.15, 0.2) is 29.3 Å². The summed E-state index contributed by atoms with van der Waals surface area (Å²) < 4.78 is 5.44. The average Bonchev–Trinajstić information content (AvgIpc) is 2.72. The zero-order valence-electron chi connectivity index (χ0n) is 17.3. The van der Waals surface area contributed by atoms with Gasteiger partial charge in [0.15, 0.2) is 5.96 Å². The minimum Gasteiger partial charge on any atom is -0.379 e. The number of ether oxygens (including phenoxy) is 1. The Bertz CT molecular complexity index is 606. The largest absolute Gasteiger partial charge is 0.379 e. The standard InChI is InChI=1S/C21H35N5O.HI/c1-3-22-21(24-16-18(2)26-12-14-27-15-13-26)23-9-11-25-10-8-19-6-4-5-7-20(19)17-25;/h4-7,18H,3,8-17H2,1-2H3,(H2,22,23,24);1H. The average molecular weight is 501 g/mol. The summed E-state index contributed by atoms with van der Waals surface area (Å²) in [5.41, 5.74) is 2.98. The smallest absolute Gasteiger partial charge is 0.191 e. The first-order valence-corrected chi connectivity index (χ1v) is 10.4. The van der Waals surface area contributed by atoms with Crippen LogP contribution in [-0.4, -0.2) is 80.8 Å².